The maximum absolute atomic E-state index is 11.3. The van der Waals surface area contributed by atoms with Gasteiger partial charge in [-0.3, -0.25) is 10.2 Å². The summed E-state index contributed by atoms with van der Waals surface area (Å²) in [6.07, 6.45) is 3.39. The van der Waals surface area contributed by atoms with Crippen LogP contribution in [0.15, 0.2) is 0 Å². The normalized spacial score (nSPS) is 12.9. The molecule has 4 nitrogen and oxygen atoms in total. The van der Waals surface area contributed by atoms with Crippen molar-refractivity contribution in [2.45, 2.75) is 52.6 Å². The number of nitrogens with one attached hydrogen (secondary N) is 1. The second-order valence-corrected chi connectivity index (χ2v) is 4.19. The third-order valence-electron chi connectivity index (χ3n) is 2.23. The van der Waals surface area contributed by atoms with Crippen molar-refractivity contribution >= 4 is 5.91 Å². The Kier molecular flexibility index (Phi) is 8.33. The molecular formula is C11H24N2O2. The van der Waals surface area contributed by atoms with Crippen LogP contribution in [0.4, 0.5) is 0 Å². The minimum atomic E-state index is -0.382. The highest BCUT2D eigenvalue weighted by Gasteiger charge is 2.16. The number of amides is 1. The Hall–Kier alpha value is -0.610. The number of hydrogen-bond acceptors (Lipinski definition) is 3. The van der Waals surface area contributed by atoms with Crippen LogP contribution in [0.2, 0.25) is 0 Å². The van der Waals surface area contributed by atoms with Crippen LogP contribution in [0.25, 0.3) is 0 Å². The SMILES string of the molecule is CCCC(OCCCC(C)C)C(=O)NN. The fourth-order valence-corrected chi connectivity index (χ4v) is 1.36. The second-order valence-electron chi connectivity index (χ2n) is 4.19. The molecule has 0 heterocycles. The lowest BCUT2D eigenvalue weighted by atomic mass is 10.1. The predicted octanol–water partition coefficient (Wildman–Crippen LogP) is 1.60. The van der Waals surface area contributed by atoms with Crippen molar-refractivity contribution in [3.8, 4) is 0 Å². The number of ether oxygens (including phenoxy) is 1. The third kappa shape index (κ3) is 7.33. The predicted molar refractivity (Wildman–Crippen MR) is 61.1 cm³/mol. The Bertz CT molecular complexity index is 172. The summed E-state index contributed by atoms with van der Waals surface area (Å²) in [5.41, 5.74) is 2.14. The molecule has 90 valence electrons. The van der Waals surface area contributed by atoms with Crippen molar-refractivity contribution in [3.05, 3.63) is 0 Å². The third-order valence-corrected chi connectivity index (χ3v) is 2.23. The Morgan fingerprint density at radius 1 is 1.40 bits per heavy atom. The van der Waals surface area contributed by atoms with E-state index in [2.05, 4.69) is 19.3 Å². The largest absolute Gasteiger partial charge is 0.368 e. The van der Waals surface area contributed by atoms with Crippen molar-refractivity contribution in [2.75, 3.05) is 6.61 Å². The molecule has 0 saturated heterocycles. The highest BCUT2D eigenvalue weighted by Crippen LogP contribution is 2.07. The van der Waals surface area contributed by atoms with E-state index in [1.54, 1.807) is 0 Å². The van der Waals surface area contributed by atoms with E-state index in [-0.39, 0.29) is 12.0 Å². The quantitative estimate of drug-likeness (QED) is 0.280. The lowest BCUT2D eigenvalue weighted by Crippen LogP contribution is -2.40. The van der Waals surface area contributed by atoms with Crippen molar-refractivity contribution in [2.24, 2.45) is 11.8 Å². The molecule has 4 heteroatoms. The number of rotatable bonds is 8. The van der Waals surface area contributed by atoms with Gasteiger partial charge in [-0.2, -0.15) is 0 Å². The minimum Gasteiger partial charge on any atom is -0.368 e. The molecule has 0 aliphatic carbocycles. The maximum Gasteiger partial charge on any atom is 0.262 e. The summed E-state index contributed by atoms with van der Waals surface area (Å²) in [7, 11) is 0. The molecule has 0 aromatic rings. The summed E-state index contributed by atoms with van der Waals surface area (Å²) < 4.78 is 5.49. The fourth-order valence-electron chi connectivity index (χ4n) is 1.36. The summed E-state index contributed by atoms with van der Waals surface area (Å²) >= 11 is 0. The van der Waals surface area contributed by atoms with Gasteiger partial charge in [0.1, 0.15) is 6.10 Å². The van der Waals surface area contributed by atoms with Gasteiger partial charge in [0, 0.05) is 6.61 Å². The number of carbonyl (C=O) groups is 1. The van der Waals surface area contributed by atoms with E-state index < -0.39 is 0 Å². The molecular weight excluding hydrogens is 192 g/mol. The number of carbonyl (C=O) groups excluding carboxylic acids is 1. The Labute approximate surface area is 92.5 Å². The van der Waals surface area contributed by atoms with Gasteiger partial charge >= 0.3 is 0 Å². The van der Waals surface area contributed by atoms with Gasteiger partial charge < -0.3 is 4.74 Å². The first kappa shape index (κ1) is 14.4. The molecule has 0 bridgehead atoms. The molecule has 0 rings (SSSR count). The molecule has 0 radical (unpaired) electrons. The summed E-state index contributed by atoms with van der Waals surface area (Å²) in [5, 5.41) is 0. The van der Waals surface area contributed by atoms with Crippen molar-refractivity contribution in [3.63, 3.8) is 0 Å². The summed E-state index contributed by atoms with van der Waals surface area (Å²) in [4.78, 5) is 11.3. The average molecular weight is 216 g/mol. The van der Waals surface area contributed by atoms with Gasteiger partial charge in [-0.25, -0.2) is 5.84 Å². The lowest BCUT2D eigenvalue weighted by Gasteiger charge is -2.15. The molecule has 1 amide bonds. The van der Waals surface area contributed by atoms with Gasteiger partial charge in [-0.1, -0.05) is 27.2 Å². The van der Waals surface area contributed by atoms with E-state index in [0.29, 0.717) is 12.5 Å². The summed E-state index contributed by atoms with van der Waals surface area (Å²) in [5.74, 6) is 5.54. The first-order chi connectivity index (χ1) is 7.11. The zero-order valence-corrected chi connectivity index (χ0v) is 10.1. The molecule has 0 spiro atoms. The molecule has 0 saturated carbocycles. The van der Waals surface area contributed by atoms with E-state index in [4.69, 9.17) is 10.6 Å². The molecule has 0 aliphatic rings. The van der Waals surface area contributed by atoms with Crippen LogP contribution in [-0.2, 0) is 9.53 Å². The number of hydrogen-bond donors (Lipinski definition) is 2. The lowest BCUT2D eigenvalue weighted by molar-refractivity contribution is -0.133. The van der Waals surface area contributed by atoms with Gasteiger partial charge in [0.2, 0.25) is 0 Å². The topological polar surface area (TPSA) is 64.3 Å². The van der Waals surface area contributed by atoms with Crippen molar-refractivity contribution in [1.82, 2.24) is 5.43 Å². The van der Waals surface area contributed by atoms with Gasteiger partial charge in [0.05, 0.1) is 0 Å². The van der Waals surface area contributed by atoms with E-state index in [0.717, 1.165) is 25.7 Å². The van der Waals surface area contributed by atoms with Gasteiger partial charge in [0.25, 0.3) is 5.91 Å². The number of hydrazine groups is 1. The standard InChI is InChI=1S/C11H24N2O2/c1-4-6-10(11(14)13-12)15-8-5-7-9(2)3/h9-10H,4-8,12H2,1-3H3,(H,13,14). The molecule has 0 aliphatic heterocycles. The summed E-state index contributed by atoms with van der Waals surface area (Å²) in [6, 6.07) is 0. The monoisotopic (exact) mass is 216 g/mol. The first-order valence-corrected chi connectivity index (χ1v) is 5.73. The van der Waals surface area contributed by atoms with Crippen LogP contribution in [0, 0.1) is 5.92 Å². The van der Waals surface area contributed by atoms with E-state index in [1.807, 2.05) is 6.92 Å². The van der Waals surface area contributed by atoms with Crippen LogP contribution < -0.4 is 11.3 Å². The van der Waals surface area contributed by atoms with Gasteiger partial charge in [-0.05, 0) is 25.2 Å². The van der Waals surface area contributed by atoms with Gasteiger partial charge in [-0.15, -0.1) is 0 Å². The average Bonchev–Trinajstić information content (AvgIpc) is 2.21. The fraction of sp³-hybridized carbons (Fsp3) is 0.909. The Morgan fingerprint density at radius 2 is 2.07 bits per heavy atom. The van der Waals surface area contributed by atoms with E-state index in [9.17, 15) is 4.79 Å². The van der Waals surface area contributed by atoms with Crippen molar-refractivity contribution in [1.29, 1.82) is 0 Å². The Balaban J connectivity index is 3.71. The van der Waals surface area contributed by atoms with Crippen LogP contribution in [0.1, 0.15) is 46.5 Å². The second kappa shape index (κ2) is 8.68. The zero-order valence-electron chi connectivity index (χ0n) is 10.1. The summed E-state index contributed by atoms with van der Waals surface area (Å²) in [6.45, 7) is 7.01. The molecule has 1 unspecified atom stereocenters. The molecule has 0 fully saturated rings. The van der Waals surface area contributed by atoms with Crippen LogP contribution >= 0.6 is 0 Å². The molecule has 0 aromatic heterocycles. The van der Waals surface area contributed by atoms with Crippen LogP contribution in [0.5, 0.6) is 0 Å². The minimum absolute atomic E-state index is 0.221. The smallest absolute Gasteiger partial charge is 0.262 e. The zero-order chi connectivity index (χ0) is 11.7. The first-order valence-electron chi connectivity index (χ1n) is 5.73. The molecule has 0 aromatic carbocycles. The highest BCUT2D eigenvalue weighted by molar-refractivity contribution is 5.80. The van der Waals surface area contributed by atoms with Crippen molar-refractivity contribution < 1.29 is 9.53 Å². The molecule has 3 N–H and O–H groups in total. The Morgan fingerprint density at radius 3 is 2.53 bits per heavy atom. The van der Waals surface area contributed by atoms with Crippen LogP contribution in [-0.4, -0.2) is 18.6 Å². The number of nitrogens with two attached hydrogens (primary N) is 1. The van der Waals surface area contributed by atoms with Gasteiger partial charge in [0.15, 0.2) is 0 Å². The van der Waals surface area contributed by atoms with Crippen LogP contribution in [0.3, 0.4) is 0 Å². The van der Waals surface area contributed by atoms with E-state index in [1.165, 1.54) is 0 Å². The maximum atomic E-state index is 11.3. The van der Waals surface area contributed by atoms with E-state index >= 15 is 0 Å². The highest BCUT2D eigenvalue weighted by atomic mass is 16.5. The molecule has 1 atom stereocenters. The molecule has 15 heavy (non-hydrogen) atoms.